The van der Waals surface area contributed by atoms with Gasteiger partial charge in [-0.25, -0.2) is 0 Å². The molecule has 0 aliphatic rings. The fraction of sp³-hybridized carbons (Fsp3) is 0.429. The molecular formula is C7H9N3O4S. The first-order chi connectivity index (χ1) is 7.09. The highest BCUT2D eigenvalue weighted by atomic mass is 32.1. The highest BCUT2D eigenvalue weighted by Gasteiger charge is 2.14. The molecule has 82 valence electrons. The summed E-state index contributed by atoms with van der Waals surface area (Å²) in [5, 5.41) is 24.8. The molecule has 0 bridgehead atoms. The van der Waals surface area contributed by atoms with Crippen molar-refractivity contribution in [2.24, 2.45) is 0 Å². The molecule has 0 aromatic carbocycles. The Kier molecular flexibility index (Phi) is 3.98. The van der Waals surface area contributed by atoms with Gasteiger partial charge in [0, 0.05) is 6.54 Å². The molecule has 1 rings (SSSR count). The van der Waals surface area contributed by atoms with E-state index in [2.05, 4.69) is 10.2 Å². The monoisotopic (exact) mass is 231 g/mol. The summed E-state index contributed by atoms with van der Waals surface area (Å²) in [6.45, 7) is -0.167. The van der Waals surface area contributed by atoms with E-state index in [1.807, 2.05) is 0 Å². The van der Waals surface area contributed by atoms with Crippen LogP contribution in [0.4, 0.5) is 5.13 Å². The Morgan fingerprint density at radius 2 is 2.13 bits per heavy atom. The number of carboxylic acids is 2. The number of carbonyl (C=O) groups is 2. The molecule has 7 nitrogen and oxygen atoms in total. The molecule has 2 N–H and O–H groups in total. The van der Waals surface area contributed by atoms with Gasteiger partial charge in [0.1, 0.15) is 12.1 Å². The molecule has 0 radical (unpaired) electrons. The molecule has 0 aliphatic carbocycles. The van der Waals surface area contributed by atoms with E-state index in [9.17, 15) is 9.59 Å². The first kappa shape index (κ1) is 11.4. The van der Waals surface area contributed by atoms with Crippen molar-refractivity contribution in [3.05, 3.63) is 5.51 Å². The van der Waals surface area contributed by atoms with E-state index >= 15 is 0 Å². The van der Waals surface area contributed by atoms with Crippen LogP contribution in [0.15, 0.2) is 5.51 Å². The number of rotatable bonds is 6. The molecule has 1 aromatic rings. The van der Waals surface area contributed by atoms with Gasteiger partial charge in [-0.05, 0) is 0 Å². The van der Waals surface area contributed by atoms with E-state index < -0.39 is 11.9 Å². The highest BCUT2D eigenvalue weighted by molar-refractivity contribution is 7.13. The number of carboxylic acid groups (broad SMARTS) is 2. The smallest absolute Gasteiger partial charge is 0.323 e. The molecule has 0 unspecified atom stereocenters. The summed E-state index contributed by atoms with van der Waals surface area (Å²) in [6.07, 6.45) is -0.132. The Labute approximate surface area is 89.0 Å². The molecule has 1 aromatic heterocycles. The van der Waals surface area contributed by atoms with Gasteiger partial charge in [0.25, 0.3) is 0 Å². The second kappa shape index (κ2) is 5.25. The molecule has 0 saturated carbocycles. The molecule has 0 saturated heterocycles. The van der Waals surface area contributed by atoms with Crippen molar-refractivity contribution in [1.82, 2.24) is 10.2 Å². The molecule has 0 aliphatic heterocycles. The number of aromatic nitrogens is 2. The van der Waals surface area contributed by atoms with Crippen molar-refractivity contribution in [2.75, 3.05) is 18.0 Å². The Morgan fingerprint density at radius 1 is 1.40 bits per heavy atom. The molecule has 0 fully saturated rings. The van der Waals surface area contributed by atoms with Gasteiger partial charge in [0.2, 0.25) is 5.13 Å². The first-order valence-electron chi connectivity index (χ1n) is 4.04. The van der Waals surface area contributed by atoms with Crippen LogP contribution in [-0.4, -0.2) is 45.4 Å². The minimum atomic E-state index is -1.03. The van der Waals surface area contributed by atoms with Crippen LogP contribution in [0.1, 0.15) is 6.42 Å². The first-order valence-corrected chi connectivity index (χ1v) is 4.92. The third-order valence-electron chi connectivity index (χ3n) is 1.54. The maximum absolute atomic E-state index is 10.5. The van der Waals surface area contributed by atoms with Crippen molar-refractivity contribution in [1.29, 1.82) is 0 Å². The van der Waals surface area contributed by atoms with E-state index in [0.717, 1.165) is 0 Å². The van der Waals surface area contributed by atoms with Crippen molar-refractivity contribution < 1.29 is 19.8 Å². The van der Waals surface area contributed by atoms with Gasteiger partial charge in [0.05, 0.1) is 6.42 Å². The van der Waals surface area contributed by atoms with Crippen LogP contribution >= 0.6 is 11.3 Å². The molecule has 15 heavy (non-hydrogen) atoms. The van der Waals surface area contributed by atoms with E-state index in [0.29, 0.717) is 5.13 Å². The van der Waals surface area contributed by atoms with Crippen molar-refractivity contribution >= 4 is 28.4 Å². The maximum Gasteiger partial charge on any atom is 0.323 e. The predicted octanol–water partition coefficient (Wildman–Crippen LogP) is -0.0962. The maximum atomic E-state index is 10.5. The zero-order valence-corrected chi connectivity index (χ0v) is 8.48. The zero-order chi connectivity index (χ0) is 11.3. The highest BCUT2D eigenvalue weighted by Crippen LogP contribution is 2.15. The van der Waals surface area contributed by atoms with Crippen LogP contribution in [0.5, 0.6) is 0 Å². The molecule has 0 spiro atoms. The van der Waals surface area contributed by atoms with Crippen LogP contribution in [0.25, 0.3) is 0 Å². The lowest BCUT2D eigenvalue weighted by Crippen LogP contribution is -2.31. The second-order valence-corrected chi connectivity index (χ2v) is 3.49. The van der Waals surface area contributed by atoms with Crippen LogP contribution < -0.4 is 4.90 Å². The van der Waals surface area contributed by atoms with Gasteiger partial charge in [-0.1, -0.05) is 11.3 Å². The molecular weight excluding hydrogens is 222 g/mol. The van der Waals surface area contributed by atoms with Crippen LogP contribution in [0.3, 0.4) is 0 Å². The lowest BCUT2D eigenvalue weighted by atomic mass is 10.4. The van der Waals surface area contributed by atoms with Gasteiger partial charge in [-0.2, -0.15) is 0 Å². The second-order valence-electron chi connectivity index (χ2n) is 2.68. The average molecular weight is 231 g/mol. The van der Waals surface area contributed by atoms with Crippen LogP contribution in [-0.2, 0) is 9.59 Å². The Bertz CT molecular complexity index is 340. The fourth-order valence-electron chi connectivity index (χ4n) is 0.941. The molecule has 0 amide bonds. The van der Waals surface area contributed by atoms with E-state index in [-0.39, 0.29) is 19.5 Å². The Hall–Kier alpha value is -1.70. The summed E-state index contributed by atoms with van der Waals surface area (Å²) in [7, 11) is 0. The lowest BCUT2D eigenvalue weighted by molar-refractivity contribution is -0.138. The van der Waals surface area contributed by atoms with E-state index in [4.69, 9.17) is 10.2 Å². The predicted molar refractivity (Wildman–Crippen MR) is 52.0 cm³/mol. The van der Waals surface area contributed by atoms with Gasteiger partial charge in [-0.3, -0.25) is 9.59 Å². The minimum absolute atomic E-state index is 0.108. The SMILES string of the molecule is O=C(O)CCN(CC(=O)O)c1nncs1. The lowest BCUT2D eigenvalue weighted by Gasteiger charge is -2.17. The molecule has 8 heteroatoms. The van der Waals surface area contributed by atoms with Crippen LogP contribution in [0.2, 0.25) is 0 Å². The summed E-state index contributed by atoms with van der Waals surface area (Å²) in [4.78, 5) is 22.2. The van der Waals surface area contributed by atoms with Crippen molar-refractivity contribution in [3.63, 3.8) is 0 Å². The third kappa shape index (κ3) is 3.90. The number of hydrogen-bond acceptors (Lipinski definition) is 6. The Morgan fingerprint density at radius 3 is 2.60 bits per heavy atom. The summed E-state index contributed by atoms with van der Waals surface area (Å²) in [6, 6.07) is 0. The van der Waals surface area contributed by atoms with E-state index in [1.54, 1.807) is 0 Å². The summed E-state index contributed by atoms with van der Waals surface area (Å²) in [5.41, 5.74) is 1.46. The van der Waals surface area contributed by atoms with Gasteiger partial charge in [-0.15, -0.1) is 10.2 Å². The zero-order valence-electron chi connectivity index (χ0n) is 7.66. The summed E-state index contributed by atoms with van der Waals surface area (Å²) >= 11 is 1.17. The number of aliphatic carboxylic acids is 2. The fourth-order valence-corrected chi connectivity index (χ4v) is 1.53. The van der Waals surface area contributed by atoms with Crippen LogP contribution in [0, 0.1) is 0 Å². The number of anilines is 1. The summed E-state index contributed by atoms with van der Waals surface area (Å²) in [5.74, 6) is -2.01. The van der Waals surface area contributed by atoms with Gasteiger partial charge >= 0.3 is 11.9 Å². The van der Waals surface area contributed by atoms with Gasteiger partial charge in [0.15, 0.2) is 0 Å². The standard InChI is InChI=1S/C7H9N3O4S/c11-5(12)1-2-10(3-6(13)14)7-9-8-4-15-7/h4H,1-3H2,(H,11,12)(H,13,14). The average Bonchev–Trinajstić information content (AvgIpc) is 2.63. The molecule has 1 heterocycles. The third-order valence-corrected chi connectivity index (χ3v) is 2.29. The normalized spacial score (nSPS) is 9.87. The quantitative estimate of drug-likeness (QED) is 0.704. The topological polar surface area (TPSA) is 104 Å². The van der Waals surface area contributed by atoms with E-state index in [1.165, 1.54) is 21.7 Å². The largest absolute Gasteiger partial charge is 0.481 e. The Balaban J connectivity index is 2.61. The molecule has 0 atom stereocenters. The van der Waals surface area contributed by atoms with Gasteiger partial charge < -0.3 is 15.1 Å². The summed E-state index contributed by atoms with van der Waals surface area (Å²) < 4.78 is 0. The van der Waals surface area contributed by atoms with Crippen molar-refractivity contribution in [2.45, 2.75) is 6.42 Å². The van der Waals surface area contributed by atoms with Crippen molar-refractivity contribution in [3.8, 4) is 0 Å². The minimum Gasteiger partial charge on any atom is -0.481 e. The number of nitrogens with zero attached hydrogens (tertiary/aromatic N) is 3. The number of hydrogen-bond donors (Lipinski definition) is 2.